The van der Waals surface area contributed by atoms with Crippen LogP contribution in [0.15, 0.2) is 71.9 Å². The van der Waals surface area contributed by atoms with Gasteiger partial charge in [0.2, 0.25) is 0 Å². The van der Waals surface area contributed by atoms with Gasteiger partial charge in [0.15, 0.2) is 5.88 Å². The number of aromatic amines is 1. The molecular formula is C24H25N5O. The van der Waals surface area contributed by atoms with Crippen LogP contribution in [0.2, 0.25) is 0 Å². The highest BCUT2D eigenvalue weighted by Gasteiger charge is 2.14. The van der Waals surface area contributed by atoms with E-state index in [1.807, 2.05) is 55.6 Å². The number of benzene rings is 2. The molecule has 30 heavy (non-hydrogen) atoms. The highest BCUT2D eigenvalue weighted by Crippen LogP contribution is 2.30. The molecule has 0 unspecified atom stereocenters. The number of nitrogen functional groups attached to an aromatic ring is 1. The number of aromatic nitrogens is 2. The molecule has 2 heterocycles. The molecule has 0 radical (unpaired) electrons. The van der Waals surface area contributed by atoms with Gasteiger partial charge in [0.1, 0.15) is 0 Å². The van der Waals surface area contributed by atoms with Crippen LogP contribution in [0.25, 0.3) is 10.9 Å². The maximum atomic E-state index is 10.4. The number of nitrogens with one attached hydrogen (secondary N) is 1. The Morgan fingerprint density at radius 2 is 1.90 bits per heavy atom. The number of aromatic hydroxyl groups is 1. The lowest BCUT2D eigenvalue weighted by Gasteiger charge is -2.16. The molecule has 6 heteroatoms. The fourth-order valence-electron chi connectivity index (χ4n) is 3.62. The number of hydrogen-bond acceptors (Lipinski definition) is 5. The number of pyridine rings is 1. The molecule has 4 rings (SSSR count). The molecule has 0 amide bonds. The molecule has 152 valence electrons. The Kier molecular flexibility index (Phi) is 5.50. The lowest BCUT2D eigenvalue weighted by molar-refractivity contribution is 0.315. The molecular weight excluding hydrogens is 374 g/mol. The lowest BCUT2D eigenvalue weighted by atomic mass is 10.1. The first-order chi connectivity index (χ1) is 14.5. The number of aliphatic imine (C=N–C) groups is 1. The van der Waals surface area contributed by atoms with Crippen molar-refractivity contribution in [3.8, 4) is 5.88 Å². The Labute approximate surface area is 175 Å². The van der Waals surface area contributed by atoms with Gasteiger partial charge in [-0.25, -0.2) is 0 Å². The number of H-pyrrole nitrogens is 1. The van der Waals surface area contributed by atoms with Crippen molar-refractivity contribution in [1.29, 1.82) is 0 Å². The van der Waals surface area contributed by atoms with E-state index in [2.05, 4.69) is 34.0 Å². The molecule has 0 aliphatic carbocycles. The molecule has 0 saturated heterocycles. The van der Waals surface area contributed by atoms with Crippen molar-refractivity contribution >= 4 is 28.0 Å². The summed E-state index contributed by atoms with van der Waals surface area (Å²) in [6.07, 6.45) is 1.82. The van der Waals surface area contributed by atoms with Crippen LogP contribution in [0, 0.1) is 0 Å². The van der Waals surface area contributed by atoms with E-state index in [4.69, 9.17) is 10.7 Å². The first kappa shape index (κ1) is 19.7. The summed E-state index contributed by atoms with van der Waals surface area (Å²) in [5.74, 6) is 0.101. The van der Waals surface area contributed by atoms with Gasteiger partial charge in [0.25, 0.3) is 0 Å². The maximum Gasteiger partial charge on any atom is 0.198 e. The Hall–Kier alpha value is -3.64. The predicted molar refractivity (Wildman–Crippen MR) is 122 cm³/mol. The van der Waals surface area contributed by atoms with Crippen molar-refractivity contribution in [2.24, 2.45) is 4.99 Å². The molecule has 0 atom stereocenters. The molecule has 0 saturated carbocycles. The molecule has 2 aromatic heterocycles. The summed E-state index contributed by atoms with van der Waals surface area (Å²) in [7, 11) is 2.08. The zero-order valence-corrected chi connectivity index (χ0v) is 17.1. The van der Waals surface area contributed by atoms with Crippen molar-refractivity contribution < 1.29 is 5.11 Å². The number of nitrogens with zero attached hydrogens (tertiary/aromatic N) is 3. The first-order valence-electron chi connectivity index (χ1n) is 9.83. The minimum atomic E-state index is 0.101. The fraction of sp³-hybridized carbons (Fsp3) is 0.167. The summed E-state index contributed by atoms with van der Waals surface area (Å²) in [5.41, 5.74) is 11.9. The number of rotatable bonds is 6. The van der Waals surface area contributed by atoms with E-state index in [0.29, 0.717) is 11.3 Å². The van der Waals surface area contributed by atoms with Gasteiger partial charge in [-0.15, -0.1) is 0 Å². The number of nitrogens with two attached hydrogens (primary N) is 1. The molecule has 4 N–H and O–H groups in total. The standard InChI is InChI=1S/C24H25N5O/c1-16(23-21-13-18(25)8-11-22(21)28-24(23)30)27-19-9-6-17(7-10-19)14-29(2)15-20-5-3-4-12-26-20/h3-13,28,30H,14-15,25H2,1-2H3. The second-order valence-electron chi connectivity index (χ2n) is 7.51. The van der Waals surface area contributed by atoms with Crippen LogP contribution >= 0.6 is 0 Å². The Morgan fingerprint density at radius 1 is 1.10 bits per heavy atom. The predicted octanol–water partition coefficient (Wildman–Crippen LogP) is 4.62. The van der Waals surface area contributed by atoms with Crippen LogP contribution in [-0.2, 0) is 13.1 Å². The quantitative estimate of drug-likeness (QED) is 0.326. The fourth-order valence-corrected chi connectivity index (χ4v) is 3.62. The molecule has 4 aromatic rings. The Morgan fingerprint density at radius 3 is 2.63 bits per heavy atom. The summed E-state index contributed by atoms with van der Waals surface area (Å²) in [5, 5.41) is 11.2. The molecule has 0 aliphatic heterocycles. The van der Waals surface area contributed by atoms with Crippen molar-refractivity contribution in [3.05, 3.63) is 83.7 Å². The summed E-state index contributed by atoms with van der Waals surface area (Å²) < 4.78 is 0. The zero-order chi connectivity index (χ0) is 21.1. The van der Waals surface area contributed by atoms with E-state index in [9.17, 15) is 5.11 Å². The summed E-state index contributed by atoms with van der Waals surface area (Å²) in [4.78, 5) is 14.3. The molecule has 0 bridgehead atoms. The number of anilines is 1. The van der Waals surface area contributed by atoms with Crippen LogP contribution in [0.1, 0.15) is 23.7 Å². The Balaban J connectivity index is 1.50. The highest BCUT2D eigenvalue weighted by molar-refractivity contribution is 6.13. The van der Waals surface area contributed by atoms with Gasteiger partial charge in [0, 0.05) is 35.9 Å². The minimum Gasteiger partial charge on any atom is -0.494 e. The molecule has 0 fully saturated rings. The van der Waals surface area contributed by atoms with E-state index < -0.39 is 0 Å². The van der Waals surface area contributed by atoms with Gasteiger partial charge in [-0.2, -0.15) is 0 Å². The van der Waals surface area contributed by atoms with Crippen molar-refractivity contribution in [2.75, 3.05) is 12.8 Å². The molecule has 2 aromatic carbocycles. The van der Waals surface area contributed by atoms with Gasteiger partial charge in [0.05, 0.1) is 22.7 Å². The average molecular weight is 399 g/mol. The molecule has 6 nitrogen and oxygen atoms in total. The average Bonchev–Trinajstić information content (AvgIpc) is 3.05. The van der Waals surface area contributed by atoms with Crippen molar-refractivity contribution in [3.63, 3.8) is 0 Å². The molecule has 0 spiro atoms. The third-order valence-corrected chi connectivity index (χ3v) is 5.01. The van der Waals surface area contributed by atoms with Crippen LogP contribution in [-0.4, -0.2) is 32.7 Å². The number of hydrogen-bond donors (Lipinski definition) is 3. The molecule has 0 aliphatic rings. The van der Waals surface area contributed by atoms with Crippen LogP contribution in [0.3, 0.4) is 0 Å². The summed E-state index contributed by atoms with van der Waals surface area (Å²) >= 11 is 0. The van der Waals surface area contributed by atoms with Gasteiger partial charge < -0.3 is 15.8 Å². The van der Waals surface area contributed by atoms with Gasteiger partial charge in [-0.1, -0.05) is 18.2 Å². The monoisotopic (exact) mass is 399 g/mol. The smallest absolute Gasteiger partial charge is 0.198 e. The third-order valence-electron chi connectivity index (χ3n) is 5.01. The second-order valence-corrected chi connectivity index (χ2v) is 7.51. The summed E-state index contributed by atoms with van der Waals surface area (Å²) in [6, 6.07) is 19.6. The topological polar surface area (TPSA) is 90.5 Å². The van der Waals surface area contributed by atoms with Crippen LogP contribution in [0.4, 0.5) is 11.4 Å². The second kappa shape index (κ2) is 8.39. The SMILES string of the molecule is CC(=Nc1ccc(CN(C)Cc2ccccn2)cc1)c1c(O)[nH]c2ccc(N)cc12. The third kappa shape index (κ3) is 4.34. The van der Waals surface area contributed by atoms with E-state index in [0.717, 1.165) is 41.1 Å². The first-order valence-corrected chi connectivity index (χ1v) is 9.83. The zero-order valence-electron chi connectivity index (χ0n) is 17.1. The van der Waals surface area contributed by atoms with Crippen LogP contribution < -0.4 is 5.73 Å². The van der Waals surface area contributed by atoms with Crippen LogP contribution in [0.5, 0.6) is 5.88 Å². The largest absolute Gasteiger partial charge is 0.494 e. The lowest BCUT2D eigenvalue weighted by Crippen LogP contribution is -2.17. The normalized spacial score (nSPS) is 12.0. The van der Waals surface area contributed by atoms with E-state index >= 15 is 0 Å². The van der Waals surface area contributed by atoms with E-state index in [-0.39, 0.29) is 5.88 Å². The van der Waals surface area contributed by atoms with Crippen molar-refractivity contribution in [1.82, 2.24) is 14.9 Å². The van der Waals surface area contributed by atoms with Gasteiger partial charge in [-0.3, -0.25) is 14.9 Å². The number of fused-ring (bicyclic) bond motifs is 1. The van der Waals surface area contributed by atoms with Crippen molar-refractivity contribution in [2.45, 2.75) is 20.0 Å². The highest BCUT2D eigenvalue weighted by atomic mass is 16.3. The van der Waals surface area contributed by atoms with Gasteiger partial charge >= 0.3 is 0 Å². The minimum absolute atomic E-state index is 0.101. The van der Waals surface area contributed by atoms with Gasteiger partial charge in [-0.05, 0) is 62.0 Å². The van der Waals surface area contributed by atoms with E-state index in [1.54, 1.807) is 6.07 Å². The Bertz CT molecular complexity index is 1180. The maximum absolute atomic E-state index is 10.4. The van der Waals surface area contributed by atoms with E-state index in [1.165, 1.54) is 5.56 Å². The summed E-state index contributed by atoms with van der Waals surface area (Å²) in [6.45, 7) is 3.50.